The molecule has 0 saturated carbocycles. The first-order valence-electron chi connectivity index (χ1n) is 7.57. The fourth-order valence-corrected chi connectivity index (χ4v) is 3.29. The van der Waals surface area contributed by atoms with E-state index < -0.39 is 22.4 Å². The molecule has 0 fully saturated rings. The minimum absolute atomic E-state index is 0.294. The predicted octanol–water partition coefficient (Wildman–Crippen LogP) is 3.29. The number of thiol groups is 1. The van der Waals surface area contributed by atoms with Crippen LogP contribution in [0.5, 0.6) is 0 Å². The van der Waals surface area contributed by atoms with Gasteiger partial charge in [0.1, 0.15) is 5.60 Å². The second-order valence-corrected chi connectivity index (χ2v) is 8.30. The number of alkyl carbamates (subject to hydrolysis) is 1. The number of carbonyl (C=O) groups excluding carboxylic acids is 1. The van der Waals surface area contributed by atoms with E-state index in [2.05, 4.69) is 21.2 Å². The summed E-state index contributed by atoms with van der Waals surface area (Å²) < 4.78 is 30.2. The van der Waals surface area contributed by atoms with Crippen LogP contribution in [0, 0.1) is 0 Å². The molecule has 0 radical (unpaired) electrons. The molecule has 0 saturated heterocycles. The van der Waals surface area contributed by atoms with Crippen LogP contribution in [0.1, 0.15) is 27.2 Å². The number of hydrogen-bond donors (Lipinski definition) is 2. The maximum absolute atomic E-state index is 11.6. The second kappa shape index (κ2) is 7.57. The number of halogens is 1. The van der Waals surface area contributed by atoms with Gasteiger partial charge in [0.25, 0.3) is 0 Å². The quantitative estimate of drug-likeness (QED) is 0.578. The lowest BCUT2D eigenvalue weighted by Crippen LogP contribution is -2.33. The van der Waals surface area contributed by atoms with Crippen molar-refractivity contribution in [3.05, 3.63) is 28.9 Å². The highest BCUT2D eigenvalue weighted by Crippen LogP contribution is 2.27. The number of hydrogen-bond acceptors (Lipinski definition) is 4. The van der Waals surface area contributed by atoms with E-state index in [9.17, 15) is 13.2 Å². The summed E-state index contributed by atoms with van der Waals surface area (Å²) in [7, 11) is -2.60. The van der Waals surface area contributed by atoms with Crippen LogP contribution in [0.2, 0.25) is 0 Å². The van der Waals surface area contributed by atoms with Gasteiger partial charge in [-0.3, -0.25) is 0 Å². The van der Waals surface area contributed by atoms with Crippen LogP contribution < -0.4 is 5.32 Å². The van der Waals surface area contributed by atoms with Crippen molar-refractivity contribution < 1.29 is 17.9 Å². The Hall–Kier alpha value is -1.54. The summed E-state index contributed by atoms with van der Waals surface area (Å²) in [6.07, 6.45) is 2.22. The molecule has 2 aromatic rings. The second-order valence-electron chi connectivity index (χ2n) is 6.41. The monoisotopic (exact) mass is 416 g/mol. The number of nitrogens with zero attached hydrogens (tertiary/aromatic N) is 1. The molecule has 1 N–H and O–H groups in total. The third kappa shape index (κ3) is 4.98. The lowest BCUT2D eigenvalue weighted by Gasteiger charge is -2.19. The molecule has 1 aromatic carbocycles. The first-order valence-corrected chi connectivity index (χ1v) is 9.54. The molecule has 1 amide bonds. The maximum Gasteiger partial charge on any atom is 0.407 e. The van der Waals surface area contributed by atoms with E-state index >= 15 is 0 Å². The number of carbonyl (C=O) groups is 1. The molecule has 0 atom stereocenters. The Morgan fingerprint density at radius 2 is 2.04 bits per heavy atom. The van der Waals surface area contributed by atoms with Crippen LogP contribution in [0.4, 0.5) is 4.79 Å². The fraction of sp³-hybridized carbons (Fsp3) is 0.438. The van der Waals surface area contributed by atoms with Gasteiger partial charge in [-0.05, 0) is 61.3 Å². The SMILES string of the molecule is CC(C)(C)OC(=O)NCCCn1cc(Br)c2cc([SH](=O)=O)ccc21. The van der Waals surface area contributed by atoms with Gasteiger partial charge in [-0.15, -0.1) is 0 Å². The van der Waals surface area contributed by atoms with Crippen molar-refractivity contribution in [1.29, 1.82) is 0 Å². The molecule has 0 unspecified atom stereocenters. The minimum Gasteiger partial charge on any atom is -0.444 e. The molecule has 1 heterocycles. The van der Waals surface area contributed by atoms with Crippen LogP contribution in [-0.4, -0.2) is 31.2 Å². The van der Waals surface area contributed by atoms with Gasteiger partial charge in [-0.1, -0.05) is 0 Å². The van der Waals surface area contributed by atoms with E-state index in [-0.39, 0.29) is 0 Å². The molecule has 8 heteroatoms. The Morgan fingerprint density at radius 3 is 2.67 bits per heavy atom. The highest BCUT2D eigenvalue weighted by molar-refractivity contribution is 9.10. The Balaban J connectivity index is 1.97. The van der Waals surface area contributed by atoms with Crippen LogP contribution in [0.3, 0.4) is 0 Å². The van der Waals surface area contributed by atoms with Crippen molar-refractivity contribution in [3.63, 3.8) is 0 Å². The summed E-state index contributed by atoms with van der Waals surface area (Å²) in [5, 5.41) is 3.58. The molecule has 0 aliphatic heterocycles. The topological polar surface area (TPSA) is 77.4 Å². The molecule has 6 nitrogen and oxygen atoms in total. The summed E-state index contributed by atoms with van der Waals surface area (Å²) in [6, 6.07) is 5.04. The van der Waals surface area contributed by atoms with Crippen LogP contribution in [0.15, 0.2) is 33.8 Å². The van der Waals surface area contributed by atoms with Crippen molar-refractivity contribution in [3.8, 4) is 0 Å². The Kier molecular flexibility index (Phi) is 5.92. The number of rotatable bonds is 5. The first kappa shape index (κ1) is 18.8. The number of nitrogens with one attached hydrogen (secondary N) is 1. The van der Waals surface area contributed by atoms with Gasteiger partial charge in [-0.25, -0.2) is 13.2 Å². The predicted molar refractivity (Wildman–Crippen MR) is 97.1 cm³/mol. The summed E-state index contributed by atoms with van der Waals surface area (Å²) in [6.45, 7) is 6.65. The number of amides is 1. The Bertz CT molecular complexity index is 813. The fourth-order valence-electron chi connectivity index (χ4n) is 2.29. The number of fused-ring (bicyclic) bond motifs is 1. The Morgan fingerprint density at radius 1 is 1.33 bits per heavy atom. The first-order chi connectivity index (χ1) is 11.2. The molecule has 0 aliphatic carbocycles. The summed E-state index contributed by atoms with van der Waals surface area (Å²) >= 11 is 3.46. The van der Waals surface area contributed by atoms with Crippen molar-refractivity contribution >= 4 is 43.6 Å². The van der Waals surface area contributed by atoms with Crippen molar-refractivity contribution in [2.24, 2.45) is 0 Å². The zero-order chi connectivity index (χ0) is 17.9. The molecule has 24 heavy (non-hydrogen) atoms. The van der Waals surface area contributed by atoms with Crippen LogP contribution in [-0.2, 0) is 22.0 Å². The minimum atomic E-state index is -2.60. The van der Waals surface area contributed by atoms with Gasteiger partial charge in [-0.2, -0.15) is 0 Å². The van der Waals surface area contributed by atoms with Crippen molar-refractivity contribution in [2.45, 2.75) is 44.2 Å². The number of benzene rings is 1. The largest absolute Gasteiger partial charge is 0.444 e. The van der Waals surface area contributed by atoms with E-state index in [0.29, 0.717) is 18.0 Å². The number of aromatic nitrogens is 1. The third-order valence-electron chi connectivity index (χ3n) is 3.27. The lowest BCUT2D eigenvalue weighted by molar-refractivity contribution is 0.0526. The summed E-state index contributed by atoms with van der Waals surface area (Å²) in [5.74, 6) is 0. The zero-order valence-corrected chi connectivity index (χ0v) is 16.3. The summed E-state index contributed by atoms with van der Waals surface area (Å²) in [5.41, 5.74) is 0.436. The average Bonchev–Trinajstić information content (AvgIpc) is 2.78. The van der Waals surface area contributed by atoms with E-state index in [1.54, 1.807) is 18.2 Å². The third-order valence-corrected chi connectivity index (χ3v) is 4.60. The molecule has 132 valence electrons. The van der Waals surface area contributed by atoms with E-state index in [4.69, 9.17) is 4.74 Å². The van der Waals surface area contributed by atoms with Crippen LogP contribution in [0.25, 0.3) is 10.9 Å². The number of ether oxygens (including phenoxy) is 1. The van der Waals surface area contributed by atoms with E-state index in [1.807, 2.05) is 31.5 Å². The van der Waals surface area contributed by atoms with Crippen molar-refractivity contribution in [2.75, 3.05) is 6.54 Å². The molecule has 2 rings (SSSR count). The van der Waals surface area contributed by atoms with Gasteiger partial charge in [0.15, 0.2) is 10.7 Å². The molecule has 1 aromatic heterocycles. The maximum atomic E-state index is 11.6. The van der Waals surface area contributed by atoms with Crippen LogP contribution >= 0.6 is 15.9 Å². The highest BCUT2D eigenvalue weighted by Gasteiger charge is 2.15. The van der Waals surface area contributed by atoms with Gasteiger partial charge in [0.05, 0.1) is 4.90 Å². The van der Waals surface area contributed by atoms with E-state index in [1.165, 1.54) is 0 Å². The molecular weight excluding hydrogens is 396 g/mol. The van der Waals surface area contributed by atoms with Gasteiger partial charge in [0, 0.05) is 34.7 Å². The van der Waals surface area contributed by atoms with Gasteiger partial charge < -0.3 is 14.6 Å². The number of aryl methyl sites for hydroxylation is 1. The Labute approximate surface area is 151 Å². The molecule has 0 spiro atoms. The lowest BCUT2D eigenvalue weighted by atomic mass is 10.2. The highest BCUT2D eigenvalue weighted by atomic mass is 79.9. The average molecular weight is 417 g/mol. The summed E-state index contributed by atoms with van der Waals surface area (Å²) in [4.78, 5) is 11.9. The van der Waals surface area contributed by atoms with Crippen molar-refractivity contribution in [1.82, 2.24) is 9.88 Å². The normalized spacial score (nSPS) is 11.9. The molecule has 0 bridgehead atoms. The smallest absolute Gasteiger partial charge is 0.407 e. The zero-order valence-electron chi connectivity index (χ0n) is 13.8. The van der Waals surface area contributed by atoms with Gasteiger partial charge in [0.2, 0.25) is 0 Å². The molecule has 0 aliphatic rings. The standard InChI is InChI=1S/C16H21BrN2O4S/c1-16(2,3)23-15(20)18-7-4-8-19-10-13(17)12-9-11(24(21)22)5-6-14(12)19/h5-6,9-10,24H,4,7-8H2,1-3H3,(H,18,20). The van der Waals surface area contributed by atoms with Gasteiger partial charge >= 0.3 is 6.09 Å². The van der Waals surface area contributed by atoms with E-state index in [0.717, 1.165) is 21.8 Å². The molecular formula is C16H21BrN2O4S.